The fourth-order valence-electron chi connectivity index (χ4n) is 3.95. The maximum atomic E-state index is 13.2. The molecule has 0 radical (unpaired) electrons. The largest absolute Gasteiger partial charge is 0.490 e. The van der Waals surface area contributed by atoms with E-state index in [1.807, 2.05) is 20.8 Å². The molecule has 0 bridgehead atoms. The van der Waals surface area contributed by atoms with Crippen molar-refractivity contribution in [2.24, 2.45) is 7.05 Å². The number of rotatable bonds is 8. The van der Waals surface area contributed by atoms with Crippen molar-refractivity contribution in [1.82, 2.24) is 19.2 Å². The van der Waals surface area contributed by atoms with Crippen LogP contribution in [0.15, 0.2) is 16.9 Å². The highest BCUT2D eigenvalue weighted by Gasteiger charge is 2.39. The summed E-state index contributed by atoms with van der Waals surface area (Å²) in [7, 11) is 1.05. The van der Waals surface area contributed by atoms with Gasteiger partial charge in [-0.25, -0.2) is 9.48 Å². The van der Waals surface area contributed by atoms with Gasteiger partial charge in [0.1, 0.15) is 0 Å². The van der Waals surface area contributed by atoms with Crippen LogP contribution in [-0.4, -0.2) is 58.1 Å². The van der Waals surface area contributed by atoms with Crippen molar-refractivity contribution < 1.29 is 32.2 Å². The minimum absolute atomic E-state index is 0.259. The van der Waals surface area contributed by atoms with E-state index in [0.29, 0.717) is 60.0 Å². The molecule has 2 aromatic rings. The van der Waals surface area contributed by atoms with Crippen molar-refractivity contribution in [3.63, 3.8) is 0 Å². The van der Waals surface area contributed by atoms with Gasteiger partial charge in [0, 0.05) is 25.7 Å². The number of likely N-dealkylation sites (tertiary alicyclic amines) is 1. The average Bonchev–Trinajstić information content (AvgIpc) is 3.10. The lowest BCUT2D eigenvalue weighted by Gasteiger charge is -2.32. The predicted molar refractivity (Wildman–Crippen MR) is 117 cm³/mol. The molecule has 1 saturated heterocycles. The molecular formula is C22H29F3N4O5. The molecule has 0 aliphatic carbocycles. The number of piperidine rings is 1. The van der Waals surface area contributed by atoms with Crippen molar-refractivity contribution in [2.75, 3.05) is 32.9 Å². The molecule has 1 amide bonds. The van der Waals surface area contributed by atoms with Crippen LogP contribution in [0, 0.1) is 0 Å². The van der Waals surface area contributed by atoms with E-state index in [4.69, 9.17) is 14.2 Å². The highest BCUT2D eigenvalue weighted by Crippen LogP contribution is 2.39. The van der Waals surface area contributed by atoms with Gasteiger partial charge >= 0.3 is 11.9 Å². The first-order chi connectivity index (χ1) is 16.1. The van der Waals surface area contributed by atoms with Crippen molar-refractivity contribution in [1.29, 1.82) is 0 Å². The summed E-state index contributed by atoms with van der Waals surface area (Å²) in [5.41, 5.74) is -0.477. The number of alkyl halides is 3. The summed E-state index contributed by atoms with van der Waals surface area (Å²) in [4.78, 5) is 27.1. The molecule has 34 heavy (non-hydrogen) atoms. The van der Waals surface area contributed by atoms with Gasteiger partial charge in [-0.2, -0.15) is 13.2 Å². The zero-order chi connectivity index (χ0) is 25.0. The smallest absolute Gasteiger partial charge is 0.451 e. The fraction of sp³-hybridized carbons (Fsp3) is 0.591. The molecule has 12 heteroatoms. The normalized spacial score (nSPS) is 14.9. The van der Waals surface area contributed by atoms with Gasteiger partial charge in [0.25, 0.3) is 5.91 Å². The lowest BCUT2D eigenvalue weighted by molar-refractivity contribution is -0.147. The van der Waals surface area contributed by atoms with E-state index in [2.05, 4.69) is 5.10 Å². The molecule has 9 nitrogen and oxygen atoms in total. The third kappa shape index (κ3) is 5.15. The molecule has 1 aromatic carbocycles. The molecule has 2 heterocycles. The van der Waals surface area contributed by atoms with Crippen molar-refractivity contribution in [2.45, 2.75) is 45.8 Å². The molecule has 0 spiro atoms. The Morgan fingerprint density at radius 3 is 2.00 bits per heavy atom. The Morgan fingerprint density at radius 2 is 1.56 bits per heavy atom. The van der Waals surface area contributed by atoms with Crippen LogP contribution in [0.25, 0.3) is 0 Å². The lowest BCUT2D eigenvalue weighted by atomic mass is 10.0. The second-order valence-corrected chi connectivity index (χ2v) is 7.73. The van der Waals surface area contributed by atoms with Gasteiger partial charge in [-0.15, -0.1) is 5.10 Å². The van der Waals surface area contributed by atoms with E-state index in [1.54, 1.807) is 17.0 Å². The predicted octanol–water partition coefficient (Wildman–Crippen LogP) is 3.27. The van der Waals surface area contributed by atoms with Crippen LogP contribution in [0.5, 0.6) is 17.2 Å². The zero-order valence-electron chi connectivity index (χ0n) is 19.6. The number of hydrogen-bond acceptors (Lipinski definition) is 6. The van der Waals surface area contributed by atoms with Gasteiger partial charge in [0.05, 0.1) is 25.9 Å². The Bertz CT molecular complexity index is 1040. The Labute approximate surface area is 195 Å². The number of aromatic nitrogens is 3. The molecule has 188 valence electrons. The summed E-state index contributed by atoms with van der Waals surface area (Å²) in [6, 6.07) is 2.67. The highest BCUT2D eigenvalue weighted by molar-refractivity contribution is 5.95. The SMILES string of the molecule is CCOc1cc(C(=O)N2CCC(n3nc(C(F)(F)F)n(C)c3=O)CC2)cc(OCC)c1OCC. The van der Waals surface area contributed by atoms with Gasteiger partial charge in [0.2, 0.25) is 11.6 Å². The number of halogens is 3. The third-order valence-electron chi connectivity index (χ3n) is 5.51. The molecule has 1 fully saturated rings. The number of carbonyl (C=O) groups excluding carboxylic acids is 1. The molecule has 0 N–H and O–H groups in total. The van der Waals surface area contributed by atoms with Crippen LogP contribution in [0.3, 0.4) is 0 Å². The number of nitrogens with zero attached hydrogens (tertiary/aromatic N) is 4. The first-order valence-electron chi connectivity index (χ1n) is 11.2. The summed E-state index contributed by atoms with van der Waals surface area (Å²) in [6.07, 6.45) is -4.12. The first-order valence-corrected chi connectivity index (χ1v) is 11.2. The van der Waals surface area contributed by atoms with Crippen LogP contribution in [-0.2, 0) is 13.2 Å². The summed E-state index contributed by atoms with van der Waals surface area (Å²) < 4.78 is 57.7. The first kappa shape index (κ1) is 25.4. The molecule has 3 rings (SSSR count). The minimum atomic E-state index is -4.72. The summed E-state index contributed by atoms with van der Waals surface area (Å²) in [5, 5.41) is 3.52. The molecule has 0 atom stereocenters. The van der Waals surface area contributed by atoms with E-state index in [0.717, 1.165) is 11.7 Å². The van der Waals surface area contributed by atoms with Gasteiger partial charge in [-0.1, -0.05) is 0 Å². The number of benzene rings is 1. The Kier molecular flexibility index (Phi) is 7.78. The molecule has 0 unspecified atom stereocenters. The van der Waals surface area contributed by atoms with E-state index in [1.165, 1.54) is 0 Å². The second-order valence-electron chi connectivity index (χ2n) is 7.73. The van der Waals surface area contributed by atoms with Crippen LogP contribution >= 0.6 is 0 Å². The molecule has 0 saturated carbocycles. The number of amides is 1. The van der Waals surface area contributed by atoms with Crippen LogP contribution in [0.1, 0.15) is 55.8 Å². The fourth-order valence-corrected chi connectivity index (χ4v) is 3.95. The molecule has 1 aromatic heterocycles. The molecular weight excluding hydrogens is 457 g/mol. The van der Waals surface area contributed by atoms with Crippen molar-refractivity contribution in [3.8, 4) is 17.2 Å². The van der Waals surface area contributed by atoms with Gasteiger partial charge in [-0.05, 0) is 45.7 Å². The van der Waals surface area contributed by atoms with E-state index < -0.39 is 23.7 Å². The van der Waals surface area contributed by atoms with Gasteiger partial charge in [-0.3, -0.25) is 9.36 Å². The quantitative estimate of drug-likeness (QED) is 0.569. The maximum Gasteiger partial charge on any atom is 0.451 e. The topological polar surface area (TPSA) is 87.8 Å². The second kappa shape index (κ2) is 10.4. The van der Waals surface area contributed by atoms with Crippen molar-refractivity contribution >= 4 is 5.91 Å². The minimum Gasteiger partial charge on any atom is -0.490 e. The van der Waals surface area contributed by atoms with Crippen molar-refractivity contribution in [3.05, 3.63) is 34.0 Å². The number of carbonyl (C=O) groups is 1. The Morgan fingerprint density at radius 1 is 1.03 bits per heavy atom. The summed E-state index contributed by atoms with van der Waals surface area (Å²) >= 11 is 0. The summed E-state index contributed by atoms with van der Waals surface area (Å²) in [6.45, 7) is 7.12. The van der Waals surface area contributed by atoms with Gasteiger partial charge < -0.3 is 19.1 Å². The highest BCUT2D eigenvalue weighted by atomic mass is 19.4. The van der Waals surface area contributed by atoms with Crippen LogP contribution in [0.4, 0.5) is 13.2 Å². The van der Waals surface area contributed by atoms with E-state index in [-0.39, 0.29) is 19.0 Å². The Hall–Kier alpha value is -3.18. The van der Waals surface area contributed by atoms with E-state index >= 15 is 0 Å². The van der Waals surface area contributed by atoms with Crippen LogP contribution in [0.2, 0.25) is 0 Å². The Balaban J connectivity index is 1.80. The lowest BCUT2D eigenvalue weighted by Crippen LogP contribution is -2.41. The maximum absolute atomic E-state index is 13.2. The zero-order valence-corrected chi connectivity index (χ0v) is 19.6. The number of ether oxygens (including phenoxy) is 3. The van der Waals surface area contributed by atoms with Crippen LogP contribution < -0.4 is 19.9 Å². The average molecular weight is 486 g/mol. The third-order valence-corrected chi connectivity index (χ3v) is 5.51. The van der Waals surface area contributed by atoms with E-state index in [9.17, 15) is 22.8 Å². The number of hydrogen-bond donors (Lipinski definition) is 0. The van der Waals surface area contributed by atoms with Gasteiger partial charge in [0.15, 0.2) is 11.5 Å². The summed E-state index contributed by atoms with van der Waals surface area (Å²) in [5.74, 6) is -0.289. The molecule has 1 aliphatic heterocycles. The molecule has 1 aliphatic rings. The monoisotopic (exact) mass is 486 g/mol. The standard InChI is InChI=1S/C22H29F3N4O5/c1-5-32-16-12-14(13-17(33-6-2)18(16)34-7-3)19(30)28-10-8-15(9-11-28)29-21(31)27(4)20(26-29)22(23,24)25/h12-13,15H,5-11H2,1-4H3.